The molecule has 1 aliphatic heterocycles. The Morgan fingerprint density at radius 2 is 2.25 bits per heavy atom. The molecule has 0 aromatic carbocycles. The second-order valence-electron chi connectivity index (χ2n) is 4.34. The molecule has 88 valence electrons. The number of aryl methyl sites for hydroxylation is 1. The quantitative estimate of drug-likeness (QED) is 0.729. The Morgan fingerprint density at radius 3 is 2.88 bits per heavy atom. The lowest BCUT2D eigenvalue weighted by Crippen LogP contribution is -2.50. The highest BCUT2D eigenvalue weighted by molar-refractivity contribution is 5.95. The van der Waals surface area contributed by atoms with E-state index < -0.39 is 0 Å². The number of rotatable bonds is 1. The van der Waals surface area contributed by atoms with Crippen LogP contribution in [0.2, 0.25) is 0 Å². The minimum Gasteiger partial charge on any atom is -0.469 e. The van der Waals surface area contributed by atoms with Crippen LogP contribution in [0.3, 0.4) is 0 Å². The molecule has 2 atom stereocenters. The molecule has 0 saturated carbocycles. The van der Waals surface area contributed by atoms with E-state index in [1.54, 1.807) is 12.3 Å². The fourth-order valence-corrected chi connectivity index (χ4v) is 1.95. The summed E-state index contributed by atoms with van der Waals surface area (Å²) in [5.74, 6) is 0.713. The summed E-state index contributed by atoms with van der Waals surface area (Å²) >= 11 is 0. The third-order valence-electron chi connectivity index (χ3n) is 2.96. The van der Waals surface area contributed by atoms with Crippen LogP contribution in [0.4, 0.5) is 0 Å². The maximum absolute atomic E-state index is 12.2. The third-order valence-corrected chi connectivity index (χ3v) is 2.96. The molecular formula is C12H17NO3. The van der Waals surface area contributed by atoms with E-state index in [-0.39, 0.29) is 18.1 Å². The predicted molar refractivity (Wildman–Crippen MR) is 59.4 cm³/mol. The molecule has 0 radical (unpaired) electrons. The molecule has 2 unspecified atom stereocenters. The zero-order chi connectivity index (χ0) is 11.7. The van der Waals surface area contributed by atoms with Gasteiger partial charge < -0.3 is 14.1 Å². The van der Waals surface area contributed by atoms with Gasteiger partial charge >= 0.3 is 0 Å². The number of hydrogen-bond donors (Lipinski definition) is 0. The molecule has 1 amide bonds. The maximum atomic E-state index is 12.2. The fourth-order valence-electron chi connectivity index (χ4n) is 1.95. The van der Waals surface area contributed by atoms with Gasteiger partial charge in [-0.25, -0.2) is 0 Å². The van der Waals surface area contributed by atoms with Gasteiger partial charge in [-0.3, -0.25) is 4.79 Å². The Morgan fingerprint density at radius 1 is 1.50 bits per heavy atom. The van der Waals surface area contributed by atoms with Gasteiger partial charge in [0.25, 0.3) is 5.91 Å². The van der Waals surface area contributed by atoms with Gasteiger partial charge in [0.2, 0.25) is 0 Å². The number of carbonyl (C=O) groups is 1. The first-order valence-corrected chi connectivity index (χ1v) is 5.56. The lowest BCUT2D eigenvalue weighted by molar-refractivity contribution is -0.0387. The first-order valence-electron chi connectivity index (χ1n) is 5.56. The fraction of sp³-hybridized carbons (Fsp3) is 0.583. The molecule has 1 aliphatic rings. The van der Waals surface area contributed by atoms with Crippen molar-refractivity contribution in [3.05, 3.63) is 23.7 Å². The summed E-state index contributed by atoms with van der Waals surface area (Å²) in [4.78, 5) is 14.1. The molecule has 16 heavy (non-hydrogen) atoms. The highest BCUT2D eigenvalue weighted by Crippen LogP contribution is 2.18. The van der Waals surface area contributed by atoms with Crippen LogP contribution in [0.25, 0.3) is 0 Å². The number of nitrogens with zero attached hydrogens (tertiary/aromatic N) is 1. The summed E-state index contributed by atoms with van der Waals surface area (Å²) in [6, 6.07) is 1.85. The summed E-state index contributed by atoms with van der Waals surface area (Å²) in [6.45, 7) is 7.03. The Bertz CT molecular complexity index is 385. The minimum absolute atomic E-state index is 0.0360. The normalized spacial score (nSPS) is 25.8. The maximum Gasteiger partial charge on any atom is 0.257 e. The van der Waals surface area contributed by atoms with Crippen molar-refractivity contribution in [2.75, 3.05) is 13.2 Å². The highest BCUT2D eigenvalue weighted by atomic mass is 16.5. The monoisotopic (exact) mass is 223 g/mol. The Kier molecular flexibility index (Phi) is 3.01. The molecule has 4 nitrogen and oxygen atoms in total. The van der Waals surface area contributed by atoms with Crippen molar-refractivity contribution < 1.29 is 13.9 Å². The third kappa shape index (κ3) is 1.97. The summed E-state index contributed by atoms with van der Waals surface area (Å²) in [5, 5.41) is 0. The molecule has 1 saturated heterocycles. The molecule has 0 N–H and O–H groups in total. The average Bonchev–Trinajstić information content (AvgIpc) is 2.67. The molecule has 1 fully saturated rings. The van der Waals surface area contributed by atoms with Gasteiger partial charge in [-0.2, -0.15) is 0 Å². The number of carbonyl (C=O) groups excluding carboxylic acids is 1. The Hall–Kier alpha value is -1.29. The number of morpholine rings is 1. The van der Waals surface area contributed by atoms with Crippen LogP contribution >= 0.6 is 0 Å². The minimum atomic E-state index is 0.0360. The first kappa shape index (κ1) is 11.2. The van der Waals surface area contributed by atoms with Gasteiger partial charge in [0.15, 0.2) is 0 Å². The van der Waals surface area contributed by atoms with Crippen molar-refractivity contribution in [3.8, 4) is 0 Å². The van der Waals surface area contributed by atoms with Gasteiger partial charge in [-0.05, 0) is 26.8 Å². The second-order valence-corrected chi connectivity index (χ2v) is 4.34. The van der Waals surface area contributed by atoms with Gasteiger partial charge in [-0.15, -0.1) is 0 Å². The molecule has 1 aromatic rings. The van der Waals surface area contributed by atoms with Gasteiger partial charge in [-0.1, -0.05) is 0 Å². The van der Waals surface area contributed by atoms with Crippen LogP contribution in [0.15, 0.2) is 16.7 Å². The summed E-state index contributed by atoms with van der Waals surface area (Å²) in [7, 11) is 0. The molecular weight excluding hydrogens is 206 g/mol. The van der Waals surface area contributed by atoms with Gasteiger partial charge in [0.1, 0.15) is 5.76 Å². The lowest BCUT2D eigenvalue weighted by Gasteiger charge is -2.36. The van der Waals surface area contributed by atoms with E-state index >= 15 is 0 Å². The van der Waals surface area contributed by atoms with E-state index in [0.29, 0.717) is 24.5 Å². The Balaban J connectivity index is 2.18. The standard InChI is InChI=1S/C12H17NO3/c1-8-7-16-9(2)6-13(8)12(14)11-4-5-15-10(11)3/h4-5,8-9H,6-7H2,1-3H3. The van der Waals surface area contributed by atoms with Crippen LogP contribution in [-0.2, 0) is 4.74 Å². The zero-order valence-corrected chi connectivity index (χ0v) is 9.90. The lowest BCUT2D eigenvalue weighted by atomic mass is 10.1. The van der Waals surface area contributed by atoms with Crippen LogP contribution < -0.4 is 0 Å². The number of furan rings is 1. The van der Waals surface area contributed by atoms with Crippen molar-refractivity contribution in [2.45, 2.75) is 32.9 Å². The van der Waals surface area contributed by atoms with Crippen LogP contribution in [0, 0.1) is 6.92 Å². The van der Waals surface area contributed by atoms with Crippen molar-refractivity contribution in [1.29, 1.82) is 0 Å². The van der Waals surface area contributed by atoms with Crippen LogP contribution in [-0.4, -0.2) is 36.1 Å². The topological polar surface area (TPSA) is 42.7 Å². The molecule has 2 heterocycles. The molecule has 0 aliphatic carbocycles. The van der Waals surface area contributed by atoms with Gasteiger partial charge in [0.05, 0.1) is 30.6 Å². The van der Waals surface area contributed by atoms with Gasteiger partial charge in [0, 0.05) is 6.54 Å². The molecule has 0 spiro atoms. The average molecular weight is 223 g/mol. The number of hydrogen-bond acceptors (Lipinski definition) is 3. The molecule has 0 bridgehead atoms. The number of amides is 1. The zero-order valence-electron chi connectivity index (χ0n) is 9.90. The van der Waals surface area contributed by atoms with E-state index in [4.69, 9.17) is 9.15 Å². The van der Waals surface area contributed by atoms with E-state index in [0.717, 1.165) is 0 Å². The van der Waals surface area contributed by atoms with E-state index in [9.17, 15) is 4.79 Å². The summed E-state index contributed by atoms with van der Waals surface area (Å²) < 4.78 is 10.7. The van der Waals surface area contributed by atoms with Crippen molar-refractivity contribution >= 4 is 5.91 Å². The van der Waals surface area contributed by atoms with Crippen molar-refractivity contribution in [2.24, 2.45) is 0 Å². The molecule has 2 rings (SSSR count). The second kappa shape index (κ2) is 4.29. The Labute approximate surface area is 95.2 Å². The van der Waals surface area contributed by atoms with Crippen LogP contribution in [0.1, 0.15) is 30.0 Å². The molecule has 1 aromatic heterocycles. The summed E-state index contributed by atoms with van der Waals surface area (Å²) in [5.41, 5.74) is 0.654. The molecule has 4 heteroatoms. The SMILES string of the molecule is Cc1occc1C(=O)N1CC(C)OCC1C. The predicted octanol–water partition coefficient (Wildman–Crippen LogP) is 1.84. The van der Waals surface area contributed by atoms with E-state index in [2.05, 4.69) is 0 Å². The van der Waals surface area contributed by atoms with Crippen LogP contribution in [0.5, 0.6) is 0 Å². The van der Waals surface area contributed by atoms with Crippen molar-refractivity contribution in [3.63, 3.8) is 0 Å². The summed E-state index contributed by atoms with van der Waals surface area (Å²) in [6.07, 6.45) is 1.66. The van der Waals surface area contributed by atoms with E-state index in [1.165, 1.54) is 0 Å². The first-order chi connectivity index (χ1) is 7.59. The largest absolute Gasteiger partial charge is 0.469 e. The highest BCUT2D eigenvalue weighted by Gasteiger charge is 2.29. The van der Waals surface area contributed by atoms with Crippen molar-refractivity contribution in [1.82, 2.24) is 4.90 Å². The van der Waals surface area contributed by atoms with E-state index in [1.807, 2.05) is 25.7 Å². The smallest absolute Gasteiger partial charge is 0.257 e. The number of ether oxygens (including phenoxy) is 1.